The summed E-state index contributed by atoms with van der Waals surface area (Å²) < 4.78 is 2.08. The topological polar surface area (TPSA) is 54.3 Å². The normalized spacial score (nSPS) is 16.7. The number of aryl methyl sites for hydroxylation is 1. The molecule has 1 aliphatic rings. The lowest BCUT2D eigenvalue weighted by molar-refractivity contribution is -0.132. The molecule has 1 atom stereocenters. The van der Waals surface area contributed by atoms with E-state index in [1.54, 1.807) is 0 Å². The Morgan fingerprint density at radius 3 is 2.50 bits per heavy atom. The molecule has 1 aromatic heterocycles. The number of piperazine rings is 1. The predicted octanol–water partition coefficient (Wildman–Crippen LogP) is 2.28. The third-order valence-corrected chi connectivity index (χ3v) is 5.91. The summed E-state index contributed by atoms with van der Waals surface area (Å²) in [4.78, 5) is 17.2. The van der Waals surface area contributed by atoms with E-state index in [-0.39, 0.29) is 11.2 Å². The van der Waals surface area contributed by atoms with Crippen molar-refractivity contribution in [3.8, 4) is 0 Å². The first-order chi connectivity index (χ1) is 12.6. The lowest BCUT2D eigenvalue weighted by atomic mass is 10.2. The number of carbonyl (C=O) groups excluding carboxylic acids is 1. The molecular weight excluding hydrogens is 346 g/mol. The molecule has 140 valence electrons. The minimum atomic E-state index is -0.165. The highest BCUT2D eigenvalue weighted by molar-refractivity contribution is 8.00. The maximum absolute atomic E-state index is 12.8. The van der Waals surface area contributed by atoms with E-state index in [2.05, 4.69) is 38.7 Å². The summed E-state index contributed by atoms with van der Waals surface area (Å²) in [6.45, 7) is 11.4. The molecule has 1 saturated heterocycles. The van der Waals surface area contributed by atoms with E-state index in [0.29, 0.717) is 0 Å². The summed E-state index contributed by atoms with van der Waals surface area (Å²) >= 11 is 1.50. The molecule has 2 aromatic rings. The van der Waals surface area contributed by atoms with E-state index in [4.69, 9.17) is 0 Å². The SMILES string of the molecule is CCN1CCN(C(=O)C(C)Sc2nnc(C)n2Cc2ccccc2)CC1. The fraction of sp³-hybridized carbons (Fsp3) is 0.526. The van der Waals surface area contributed by atoms with Crippen LogP contribution in [0.15, 0.2) is 35.5 Å². The first kappa shape index (κ1) is 18.9. The maximum atomic E-state index is 12.8. The van der Waals surface area contributed by atoms with Gasteiger partial charge < -0.3 is 14.4 Å². The van der Waals surface area contributed by atoms with Crippen molar-refractivity contribution in [1.29, 1.82) is 0 Å². The van der Waals surface area contributed by atoms with E-state index in [9.17, 15) is 4.79 Å². The van der Waals surface area contributed by atoms with E-state index < -0.39 is 0 Å². The summed E-state index contributed by atoms with van der Waals surface area (Å²) in [5.41, 5.74) is 1.20. The Morgan fingerprint density at radius 2 is 1.85 bits per heavy atom. The zero-order chi connectivity index (χ0) is 18.5. The van der Waals surface area contributed by atoms with E-state index in [0.717, 1.165) is 50.2 Å². The predicted molar refractivity (Wildman–Crippen MR) is 104 cm³/mol. The molecule has 26 heavy (non-hydrogen) atoms. The summed E-state index contributed by atoms with van der Waals surface area (Å²) in [6, 6.07) is 10.3. The second-order valence-corrected chi connectivity index (χ2v) is 7.93. The lowest BCUT2D eigenvalue weighted by Gasteiger charge is -2.35. The zero-order valence-corrected chi connectivity index (χ0v) is 16.6. The van der Waals surface area contributed by atoms with Gasteiger partial charge in [-0.25, -0.2) is 0 Å². The van der Waals surface area contributed by atoms with Crippen molar-refractivity contribution in [2.24, 2.45) is 0 Å². The van der Waals surface area contributed by atoms with Crippen LogP contribution in [0.5, 0.6) is 0 Å². The number of rotatable bonds is 6. The van der Waals surface area contributed by atoms with Crippen molar-refractivity contribution < 1.29 is 4.79 Å². The molecule has 1 unspecified atom stereocenters. The molecule has 0 N–H and O–H groups in total. The maximum Gasteiger partial charge on any atom is 0.235 e. The van der Waals surface area contributed by atoms with Gasteiger partial charge in [-0.15, -0.1) is 10.2 Å². The average Bonchev–Trinajstić information content (AvgIpc) is 3.01. The third-order valence-electron chi connectivity index (χ3n) is 4.85. The van der Waals surface area contributed by atoms with Gasteiger partial charge in [0.05, 0.1) is 11.8 Å². The fourth-order valence-electron chi connectivity index (χ4n) is 3.15. The molecule has 1 amide bonds. The van der Waals surface area contributed by atoms with Crippen LogP contribution in [0.4, 0.5) is 0 Å². The number of carbonyl (C=O) groups is 1. The smallest absolute Gasteiger partial charge is 0.235 e. The van der Waals surface area contributed by atoms with Crippen molar-refractivity contribution in [1.82, 2.24) is 24.6 Å². The minimum absolute atomic E-state index is 0.165. The summed E-state index contributed by atoms with van der Waals surface area (Å²) in [6.07, 6.45) is 0. The Morgan fingerprint density at radius 1 is 1.15 bits per heavy atom. The Kier molecular flexibility index (Phi) is 6.32. The standard InChI is InChI=1S/C19H27N5OS/c1-4-22-10-12-23(13-11-22)18(25)15(2)26-19-21-20-16(3)24(19)14-17-8-6-5-7-9-17/h5-9,15H,4,10-14H2,1-3H3. The van der Waals surface area contributed by atoms with Gasteiger partial charge in [0.15, 0.2) is 5.16 Å². The van der Waals surface area contributed by atoms with Crippen LogP contribution >= 0.6 is 11.8 Å². The summed E-state index contributed by atoms with van der Waals surface area (Å²) in [5, 5.41) is 9.16. The van der Waals surface area contributed by atoms with Gasteiger partial charge in [-0.3, -0.25) is 4.79 Å². The van der Waals surface area contributed by atoms with Crippen LogP contribution in [0.1, 0.15) is 25.2 Å². The second-order valence-electron chi connectivity index (χ2n) is 6.62. The van der Waals surface area contributed by atoms with Crippen molar-refractivity contribution in [2.45, 2.75) is 37.7 Å². The zero-order valence-electron chi connectivity index (χ0n) is 15.8. The molecule has 0 radical (unpaired) electrons. The molecule has 0 saturated carbocycles. The van der Waals surface area contributed by atoms with Gasteiger partial charge in [-0.2, -0.15) is 0 Å². The molecule has 1 aliphatic heterocycles. The quantitative estimate of drug-likeness (QED) is 0.727. The molecule has 0 bridgehead atoms. The number of hydrogen-bond donors (Lipinski definition) is 0. The number of nitrogens with zero attached hydrogens (tertiary/aromatic N) is 5. The molecule has 3 rings (SSSR count). The molecule has 7 heteroatoms. The van der Waals surface area contributed by atoms with Crippen LogP contribution in [-0.4, -0.2) is 68.4 Å². The number of thioether (sulfide) groups is 1. The van der Waals surface area contributed by atoms with Gasteiger partial charge in [0.1, 0.15) is 5.82 Å². The Balaban J connectivity index is 1.64. The number of benzene rings is 1. The monoisotopic (exact) mass is 373 g/mol. The Hall–Kier alpha value is -1.86. The van der Waals surface area contributed by atoms with Gasteiger partial charge in [0.2, 0.25) is 5.91 Å². The number of likely N-dealkylation sites (N-methyl/N-ethyl adjacent to an activating group) is 1. The van der Waals surface area contributed by atoms with Crippen molar-refractivity contribution in [2.75, 3.05) is 32.7 Å². The van der Waals surface area contributed by atoms with Gasteiger partial charge in [0.25, 0.3) is 0 Å². The molecule has 1 aromatic carbocycles. The van der Waals surface area contributed by atoms with Crippen LogP contribution in [-0.2, 0) is 11.3 Å². The molecular formula is C19H27N5OS. The molecule has 2 heterocycles. The van der Waals surface area contributed by atoms with Crippen LogP contribution in [0.3, 0.4) is 0 Å². The van der Waals surface area contributed by atoms with E-state index >= 15 is 0 Å². The van der Waals surface area contributed by atoms with E-state index in [1.165, 1.54) is 17.3 Å². The molecule has 1 fully saturated rings. The van der Waals surface area contributed by atoms with Crippen LogP contribution in [0.2, 0.25) is 0 Å². The number of amides is 1. The molecule has 0 aliphatic carbocycles. The summed E-state index contributed by atoms with van der Waals surface area (Å²) in [7, 11) is 0. The second kappa shape index (κ2) is 8.68. The minimum Gasteiger partial charge on any atom is -0.339 e. The van der Waals surface area contributed by atoms with Crippen LogP contribution in [0, 0.1) is 6.92 Å². The Labute approximate surface area is 159 Å². The third kappa shape index (κ3) is 4.45. The van der Waals surface area contributed by atoms with Gasteiger partial charge in [-0.05, 0) is 26.0 Å². The summed E-state index contributed by atoms with van der Waals surface area (Å²) in [5.74, 6) is 1.06. The highest BCUT2D eigenvalue weighted by Gasteiger charge is 2.26. The van der Waals surface area contributed by atoms with Crippen molar-refractivity contribution in [3.63, 3.8) is 0 Å². The first-order valence-electron chi connectivity index (χ1n) is 9.20. The molecule has 6 nitrogen and oxygen atoms in total. The van der Waals surface area contributed by atoms with Crippen molar-refractivity contribution in [3.05, 3.63) is 41.7 Å². The number of hydrogen-bond acceptors (Lipinski definition) is 5. The van der Waals surface area contributed by atoms with E-state index in [1.807, 2.05) is 36.9 Å². The van der Waals surface area contributed by atoms with Gasteiger partial charge in [0, 0.05) is 26.2 Å². The average molecular weight is 374 g/mol. The molecule has 0 spiro atoms. The largest absolute Gasteiger partial charge is 0.339 e. The first-order valence-corrected chi connectivity index (χ1v) is 10.1. The highest BCUT2D eigenvalue weighted by atomic mass is 32.2. The van der Waals surface area contributed by atoms with Crippen molar-refractivity contribution >= 4 is 17.7 Å². The van der Waals surface area contributed by atoms with Gasteiger partial charge in [-0.1, -0.05) is 49.0 Å². The highest BCUT2D eigenvalue weighted by Crippen LogP contribution is 2.25. The van der Waals surface area contributed by atoms with Crippen LogP contribution < -0.4 is 0 Å². The van der Waals surface area contributed by atoms with Crippen LogP contribution in [0.25, 0.3) is 0 Å². The fourth-order valence-corrected chi connectivity index (χ4v) is 4.12. The lowest BCUT2D eigenvalue weighted by Crippen LogP contribution is -2.50. The number of aromatic nitrogens is 3. The van der Waals surface area contributed by atoms with Gasteiger partial charge >= 0.3 is 0 Å². The Bertz CT molecular complexity index is 725.